The third-order valence-electron chi connectivity index (χ3n) is 2.71. The minimum absolute atomic E-state index is 0.139. The molecule has 3 nitrogen and oxygen atoms in total. The smallest absolute Gasteiger partial charge is 0.142 e. The molecule has 0 radical (unpaired) electrons. The zero-order chi connectivity index (χ0) is 9.71. The molecule has 0 bridgehead atoms. The molecule has 2 N–H and O–H groups in total. The van der Waals surface area contributed by atoms with E-state index in [0.717, 1.165) is 24.1 Å². The first-order chi connectivity index (χ1) is 6.77. The summed E-state index contributed by atoms with van der Waals surface area (Å²) < 4.78 is 0. The number of allylic oxidation sites excluding steroid dienone is 2. The first-order valence-electron chi connectivity index (χ1n) is 4.61. The van der Waals surface area contributed by atoms with E-state index in [0.29, 0.717) is 10.6 Å². The van der Waals surface area contributed by atoms with Crippen molar-refractivity contribution < 1.29 is 10.2 Å². The average Bonchev–Trinajstić information content (AvgIpc) is 2.70. The molecular weight excluding hydrogens is 178 g/mol. The maximum absolute atomic E-state index is 9.68. The van der Waals surface area contributed by atoms with E-state index in [2.05, 4.69) is 4.99 Å². The number of nitrogens with zero attached hydrogens (tertiary/aromatic N) is 1. The lowest BCUT2D eigenvalue weighted by atomic mass is 10.1. The highest BCUT2D eigenvalue weighted by Gasteiger charge is 2.20. The van der Waals surface area contributed by atoms with E-state index in [1.807, 2.05) is 6.08 Å². The minimum Gasteiger partial charge on any atom is -0.507 e. The average molecular weight is 187 g/mol. The van der Waals surface area contributed by atoms with Gasteiger partial charge < -0.3 is 10.2 Å². The summed E-state index contributed by atoms with van der Waals surface area (Å²) in [4.78, 5) is 4.29. The molecule has 0 saturated heterocycles. The lowest BCUT2D eigenvalue weighted by molar-refractivity contribution is 0.450. The molecule has 0 amide bonds. The van der Waals surface area contributed by atoms with Crippen molar-refractivity contribution in [2.24, 2.45) is 4.99 Å². The fourth-order valence-corrected chi connectivity index (χ4v) is 2.07. The third kappa shape index (κ3) is 0.789. The Hall–Kier alpha value is -1.77. The number of aromatic hydroxyl groups is 2. The van der Waals surface area contributed by atoms with Crippen LogP contribution in [0.1, 0.15) is 12.8 Å². The largest absolute Gasteiger partial charge is 0.507 e. The lowest BCUT2D eigenvalue weighted by Gasteiger charge is -1.96. The van der Waals surface area contributed by atoms with Crippen LogP contribution in [0.3, 0.4) is 0 Å². The summed E-state index contributed by atoms with van der Waals surface area (Å²) in [6.07, 6.45) is 3.92. The van der Waals surface area contributed by atoms with Gasteiger partial charge in [-0.15, -0.1) is 0 Å². The van der Waals surface area contributed by atoms with E-state index in [1.165, 1.54) is 12.1 Å². The van der Waals surface area contributed by atoms with Crippen LogP contribution < -0.4 is 10.6 Å². The molecule has 3 heteroatoms. The molecule has 0 spiro atoms. The Balaban J connectivity index is 2.56. The van der Waals surface area contributed by atoms with Gasteiger partial charge in [0.05, 0.1) is 10.9 Å². The fourth-order valence-electron chi connectivity index (χ4n) is 2.07. The van der Waals surface area contributed by atoms with Gasteiger partial charge in [-0.05, 0) is 30.5 Å². The van der Waals surface area contributed by atoms with Crippen molar-refractivity contribution in [1.82, 2.24) is 0 Å². The first kappa shape index (κ1) is 7.62. The molecule has 1 aliphatic carbocycles. The zero-order valence-corrected chi connectivity index (χ0v) is 7.49. The van der Waals surface area contributed by atoms with Crippen LogP contribution in [0.5, 0.6) is 11.5 Å². The number of fused-ring (bicyclic) bond motifs is 2. The van der Waals surface area contributed by atoms with Gasteiger partial charge in [-0.1, -0.05) is 6.08 Å². The molecule has 1 heterocycles. The Labute approximate surface area is 80.3 Å². The summed E-state index contributed by atoms with van der Waals surface area (Å²) in [5, 5.41) is 20.5. The topological polar surface area (TPSA) is 52.8 Å². The second kappa shape index (κ2) is 2.38. The quantitative estimate of drug-likeness (QED) is 0.583. The van der Waals surface area contributed by atoms with Gasteiger partial charge in [-0.2, -0.15) is 0 Å². The summed E-state index contributed by atoms with van der Waals surface area (Å²) in [7, 11) is 0. The standard InChI is InChI=1S/C11H9NO2/c13-8-4-5-9(14)11-10(8)6-2-1-3-7(6)12-11/h3-5,13-14H,1-2H2. The van der Waals surface area contributed by atoms with Gasteiger partial charge in [0.15, 0.2) is 0 Å². The number of hydrogen-bond donors (Lipinski definition) is 2. The first-order valence-corrected chi connectivity index (χ1v) is 4.61. The van der Waals surface area contributed by atoms with Gasteiger partial charge in [-0.25, -0.2) is 4.99 Å². The maximum atomic E-state index is 9.68. The molecule has 1 aromatic carbocycles. The molecule has 0 fully saturated rings. The highest BCUT2D eigenvalue weighted by molar-refractivity contribution is 5.71. The summed E-state index contributed by atoms with van der Waals surface area (Å²) in [5.74, 6) is 0.349. The van der Waals surface area contributed by atoms with Crippen molar-refractivity contribution >= 4 is 5.57 Å². The molecule has 1 aliphatic heterocycles. The van der Waals surface area contributed by atoms with E-state index in [1.54, 1.807) is 0 Å². The lowest BCUT2D eigenvalue weighted by Crippen LogP contribution is -2.23. The van der Waals surface area contributed by atoms with Crippen molar-refractivity contribution in [3.8, 4) is 11.5 Å². The van der Waals surface area contributed by atoms with Crippen LogP contribution >= 0.6 is 0 Å². The van der Waals surface area contributed by atoms with Gasteiger partial charge in [0, 0.05) is 0 Å². The predicted molar refractivity (Wildman–Crippen MR) is 51.3 cm³/mol. The number of rotatable bonds is 0. The number of hydrogen-bond acceptors (Lipinski definition) is 3. The van der Waals surface area contributed by atoms with Crippen LogP contribution in [-0.4, -0.2) is 10.2 Å². The Morgan fingerprint density at radius 1 is 1.14 bits per heavy atom. The Morgan fingerprint density at radius 2 is 1.93 bits per heavy atom. The van der Waals surface area contributed by atoms with Crippen molar-refractivity contribution in [1.29, 1.82) is 0 Å². The summed E-state index contributed by atoms with van der Waals surface area (Å²) in [6, 6.07) is 2.98. The predicted octanol–water partition coefficient (Wildman–Crippen LogP) is 0.559. The summed E-state index contributed by atoms with van der Waals surface area (Å²) in [6.45, 7) is 0. The Kier molecular flexibility index (Phi) is 1.29. The molecule has 70 valence electrons. The van der Waals surface area contributed by atoms with Gasteiger partial charge in [0.2, 0.25) is 0 Å². The SMILES string of the molecule is Oc1ccc(O)c2c1=NC1=CCCC=21. The fraction of sp³-hybridized carbons (Fsp3) is 0.182. The molecular formula is C11H9NO2. The number of benzene rings is 1. The molecule has 0 atom stereocenters. The molecule has 3 rings (SSSR count). The molecule has 1 aromatic rings. The molecule has 0 saturated carbocycles. The number of phenols is 2. The molecule has 14 heavy (non-hydrogen) atoms. The molecule has 2 aliphatic rings. The minimum atomic E-state index is 0.139. The van der Waals surface area contributed by atoms with E-state index in [-0.39, 0.29) is 11.5 Å². The van der Waals surface area contributed by atoms with Gasteiger partial charge in [0.25, 0.3) is 0 Å². The molecule has 0 unspecified atom stereocenters. The van der Waals surface area contributed by atoms with Crippen LogP contribution in [0, 0.1) is 0 Å². The van der Waals surface area contributed by atoms with E-state index in [9.17, 15) is 10.2 Å². The second-order valence-corrected chi connectivity index (χ2v) is 3.55. The zero-order valence-electron chi connectivity index (χ0n) is 7.49. The highest BCUT2D eigenvalue weighted by Crippen LogP contribution is 2.29. The van der Waals surface area contributed by atoms with Crippen LogP contribution in [0.4, 0.5) is 0 Å². The van der Waals surface area contributed by atoms with Crippen LogP contribution in [-0.2, 0) is 0 Å². The second-order valence-electron chi connectivity index (χ2n) is 3.55. The summed E-state index contributed by atoms with van der Waals surface area (Å²) in [5.41, 5.74) is 1.98. The maximum Gasteiger partial charge on any atom is 0.142 e. The number of phenolic OH excluding ortho intramolecular Hbond substituents is 2. The van der Waals surface area contributed by atoms with E-state index < -0.39 is 0 Å². The van der Waals surface area contributed by atoms with E-state index in [4.69, 9.17) is 0 Å². The summed E-state index contributed by atoms with van der Waals surface area (Å²) >= 11 is 0. The van der Waals surface area contributed by atoms with Gasteiger partial charge in [-0.3, -0.25) is 0 Å². The van der Waals surface area contributed by atoms with Crippen molar-refractivity contribution in [3.63, 3.8) is 0 Å². The van der Waals surface area contributed by atoms with Crippen molar-refractivity contribution in [2.75, 3.05) is 0 Å². The third-order valence-corrected chi connectivity index (χ3v) is 2.71. The van der Waals surface area contributed by atoms with Crippen LogP contribution in [0.25, 0.3) is 5.57 Å². The normalized spacial score (nSPS) is 17.4. The highest BCUT2D eigenvalue weighted by atomic mass is 16.3. The van der Waals surface area contributed by atoms with Crippen molar-refractivity contribution in [3.05, 3.63) is 34.5 Å². The van der Waals surface area contributed by atoms with Crippen LogP contribution in [0.15, 0.2) is 28.9 Å². The van der Waals surface area contributed by atoms with Crippen LogP contribution in [0.2, 0.25) is 0 Å². The Morgan fingerprint density at radius 3 is 2.79 bits per heavy atom. The van der Waals surface area contributed by atoms with E-state index >= 15 is 0 Å². The van der Waals surface area contributed by atoms with Gasteiger partial charge >= 0.3 is 0 Å². The Bertz CT molecular complexity index is 570. The van der Waals surface area contributed by atoms with Crippen molar-refractivity contribution in [2.45, 2.75) is 12.8 Å². The monoisotopic (exact) mass is 187 g/mol. The molecule has 0 aromatic heterocycles. The van der Waals surface area contributed by atoms with Gasteiger partial charge in [0.1, 0.15) is 16.9 Å².